The van der Waals surface area contributed by atoms with Gasteiger partial charge in [0.05, 0.1) is 83.8 Å². The average molecular weight is 2020 g/mol. The Morgan fingerprint density at radius 1 is 0.312 bits per heavy atom. The summed E-state index contributed by atoms with van der Waals surface area (Å²) in [5.41, 5.74) is 0. The molecule has 138 heavy (non-hydrogen) atoms. The SMILES string of the molecule is CC(=O)N[C@H]1[C@H](OC[C@H]2O[C@@H](O[C@H]3[C@H](O)[C@@H](O)C(O)O[C@@H]3CO)[C@H](O)[C@@H](O[C@@H]3O[C@H](CO)[C@@H](O)[C@H](O[C@@H]4O[C@H](CO)[C@H](O)[C@H](O)[C@H]4O[C@@H]4O[C@@H](C)[C@@H](O)[C@@H](O)[C@@H]4O)[C@H]3NC(C)=O)[C@H]2O)O[C@H](CO)[C@@H](O[C@@H]2O[C@H](CO)[C@H](O)[C@H](OC3O[C@H](CO)[C@@H](O[C@@H]4O[C@H](CO[C@]5(C(=O)O)C[C@H](O)[C@@H](NC(C)=O)[C@H]([C@H](O)[C@H](O)CO)O5)[C@H](O)[C@H](O)[C@H]4O)[C@H](O)[C@H]3NC(C)=O)[C@H]2O)[C@@H]1O[C@@H]1O[C@@H](C)[C@@H](O)[C@@H](O)[C@@H]1O. The Morgan fingerprint density at radius 2 is 0.652 bits per heavy atom. The topological polar surface area (TPSA) is 954 Å². The standard InChI is InChI=1S/C77H128N4O57/c1-17-37(95)46(104)52(110)70(120-17)134-62-36(81-22(6)92)67(118-15-31-44(102)64(56(114)74(128-31)131-58-28(12-86)122-66(115)51(109)50(58)108)136-69-35(80-21(5)91)60(42(100)26(10-84)123-69)133-75-65(49(107)40(98)25(9-83)125-75)137-71-53(111)47(105)38(96)18(2)121-71)126-30(14-88)59(62)132-73-55(113)63(43(101)27(11-85)124-73)135-68-34(79-20(4)90)45(103)57(29(13-87)127-68)130-72-54(112)48(106)41(99)32(129-72)16-119-77(76(116)117)7-23(93)33(78-19(3)89)61(138-77)39(97)24(94)8-82/h17-18,23-75,82-88,93-115H,7-16H2,1-6H3,(H,78,89)(H,79,90)(H,80,91)(H,81,92)(H,116,117)/t17-,18-,23-,24+,25+,26+,27+,28+,29+,30+,31+,32+,33+,34+,35+,36+,37+,38+,39+,40-,41-,42+,43-,44-,45+,46+,47+,48-,49-,50+,51+,52-,53-,54+,55+,56+,57+,58+,59+,60+,61+,62+,63-,64-,65+,66?,67+,68?,69-,70-,71-,72-,73-,74-,75-,77+/m0/s1. The quantitative estimate of drug-likeness (QED) is 0.0277. The number of carboxylic acid groups (broad SMARTS) is 1. The largest absolute Gasteiger partial charge is 0.477 e. The van der Waals surface area contributed by atoms with Crippen LogP contribution in [0.2, 0.25) is 0 Å². The molecule has 11 saturated heterocycles. The van der Waals surface area contributed by atoms with E-state index in [1.54, 1.807) is 0 Å². The molecule has 798 valence electrons. The first-order chi connectivity index (χ1) is 65.0. The van der Waals surface area contributed by atoms with Gasteiger partial charge in [-0.05, 0) is 13.8 Å². The Bertz CT molecular complexity index is 3860. The normalized spacial score (nSPS) is 49.1. The van der Waals surface area contributed by atoms with Gasteiger partial charge in [0.2, 0.25) is 23.6 Å². The predicted octanol–water partition coefficient (Wildman–Crippen LogP) is -23.1. The van der Waals surface area contributed by atoms with E-state index in [0.29, 0.717) is 0 Å². The second-order valence-corrected chi connectivity index (χ2v) is 35.2. The Kier molecular flexibility index (Phi) is 40.1. The maximum atomic E-state index is 13.8. The minimum Gasteiger partial charge on any atom is -0.477 e. The van der Waals surface area contributed by atoms with Gasteiger partial charge in [-0.3, -0.25) is 19.2 Å². The van der Waals surface area contributed by atoms with Gasteiger partial charge < -0.3 is 279 Å². The molecule has 61 heteroatoms. The van der Waals surface area contributed by atoms with Crippen LogP contribution >= 0.6 is 0 Å². The van der Waals surface area contributed by atoms with Crippen LogP contribution in [0, 0.1) is 0 Å². The van der Waals surface area contributed by atoms with Crippen LogP contribution in [0.25, 0.3) is 0 Å². The number of hydrogen-bond acceptors (Lipinski definition) is 56. The fourth-order valence-corrected chi connectivity index (χ4v) is 17.9. The molecular formula is C77H128N4O57. The van der Waals surface area contributed by atoms with E-state index < -0.39 is 439 Å². The van der Waals surface area contributed by atoms with Crippen molar-refractivity contribution in [1.29, 1.82) is 0 Å². The minimum atomic E-state index is -3.09. The molecule has 35 N–H and O–H groups in total. The van der Waals surface area contributed by atoms with Crippen molar-refractivity contribution >= 4 is 29.6 Å². The first kappa shape index (κ1) is 114. The lowest BCUT2D eigenvalue weighted by Gasteiger charge is -2.51. The molecule has 11 aliphatic heterocycles. The molecule has 4 amide bonds. The molecule has 11 fully saturated rings. The lowest BCUT2D eigenvalue weighted by molar-refractivity contribution is -0.394. The van der Waals surface area contributed by atoms with Gasteiger partial charge in [0, 0.05) is 34.1 Å². The van der Waals surface area contributed by atoms with Gasteiger partial charge in [-0.25, -0.2) is 4.79 Å². The van der Waals surface area contributed by atoms with Gasteiger partial charge in [-0.2, -0.15) is 0 Å². The highest BCUT2D eigenvalue weighted by molar-refractivity contribution is 5.77. The van der Waals surface area contributed by atoms with E-state index in [0.717, 1.165) is 27.7 Å². The van der Waals surface area contributed by atoms with E-state index in [4.69, 9.17) is 99.5 Å². The maximum Gasteiger partial charge on any atom is 0.364 e. The monoisotopic (exact) mass is 2020 g/mol. The molecule has 0 spiro atoms. The Hall–Kier alpha value is -4.69. The minimum absolute atomic E-state index is 0.845. The number of carboxylic acids is 1. The number of aliphatic carboxylic acids is 1. The summed E-state index contributed by atoms with van der Waals surface area (Å²) in [5.74, 6) is -9.09. The molecule has 0 saturated carbocycles. The first-order valence-electron chi connectivity index (χ1n) is 44.0. The van der Waals surface area contributed by atoms with Crippen LogP contribution in [-0.2, 0) is 123 Å². The van der Waals surface area contributed by atoms with Gasteiger partial charge in [0.25, 0.3) is 5.79 Å². The lowest BCUT2D eigenvalue weighted by Crippen LogP contribution is -2.71. The number of carbonyl (C=O) groups is 5. The molecule has 0 aromatic heterocycles. The molecule has 11 aliphatic rings. The van der Waals surface area contributed by atoms with Crippen molar-refractivity contribution in [2.75, 3.05) is 59.5 Å². The fourth-order valence-electron chi connectivity index (χ4n) is 17.9. The first-order valence-corrected chi connectivity index (χ1v) is 44.0. The van der Waals surface area contributed by atoms with E-state index in [2.05, 4.69) is 21.3 Å². The van der Waals surface area contributed by atoms with E-state index in [9.17, 15) is 182 Å². The van der Waals surface area contributed by atoms with Crippen LogP contribution in [0.1, 0.15) is 48.0 Å². The highest BCUT2D eigenvalue weighted by Crippen LogP contribution is 2.43. The number of amides is 4. The number of hydrogen-bond donors (Lipinski definition) is 35. The summed E-state index contributed by atoms with van der Waals surface area (Å²) >= 11 is 0. The van der Waals surface area contributed by atoms with Crippen LogP contribution in [0.15, 0.2) is 0 Å². The van der Waals surface area contributed by atoms with E-state index in [1.807, 2.05) is 0 Å². The summed E-state index contributed by atoms with van der Waals surface area (Å²) in [6.07, 6.45) is -111. The summed E-state index contributed by atoms with van der Waals surface area (Å²) in [5, 5.41) is 356. The summed E-state index contributed by atoms with van der Waals surface area (Å²) in [6.45, 7) is -4.79. The third-order valence-corrected chi connectivity index (χ3v) is 25.5. The summed E-state index contributed by atoms with van der Waals surface area (Å²) in [6, 6.07) is -7.87. The van der Waals surface area contributed by atoms with Crippen molar-refractivity contribution in [2.24, 2.45) is 0 Å². The molecule has 0 radical (unpaired) electrons. The summed E-state index contributed by atoms with van der Waals surface area (Å²) < 4.78 is 125. The van der Waals surface area contributed by atoms with E-state index in [-0.39, 0.29) is 0 Å². The van der Waals surface area contributed by atoms with Gasteiger partial charge >= 0.3 is 5.97 Å². The van der Waals surface area contributed by atoms with Crippen molar-refractivity contribution in [3.8, 4) is 0 Å². The van der Waals surface area contributed by atoms with Gasteiger partial charge in [0.15, 0.2) is 62.9 Å². The molecule has 11 heterocycles. The van der Waals surface area contributed by atoms with E-state index >= 15 is 0 Å². The van der Waals surface area contributed by atoms with Gasteiger partial charge in [-0.15, -0.1) is 0 Å². The van der Waals surface area contributed by atoms with Crippen molar-refractivity contribution in [3.63, 3.8) is 0 Å². The molecular weight excluding hydrogens is 1890 g/mol. The molecule has 2 unspecified atom stereocenters. The number of aliphatic hydroxyl groups excluding tert-OH is 30. The van der Waals surface area contributed by atoms with Crippen molar-refractivity contribution in [2.45, 2.75) is 391 Å². The number of aliphatic hydroxyl groups is 30. The van der Waals surface area contributed by atoms with Crippen molar-refractivity contribution < 1.29 is 282 Å². The summed E-state index contributed by atoms with van der Waals surface area (Å²) in [4.78, 5) is 65.5. The molecule has 0 aliphatic carbocycles. The average Bonchev–Trinajstić information content (AvgIpc) is 0.767. The van der Waals surface area contributed by atoms with Crippen LogP contribution < -0.4 is 21.3 Å². The van der Waals surface area contributed by atoms with E-state index in [1.165, 1.54) is 13.8 Å². The van der Waals surface area contributed by atoms with Crippen LogP contribution in [0.3, 0.4) is 0 Å². The number of rotatable bonds is 36. The molecule has 61 nitrogen and oxygen atoms in total. The number of ether oxygens (including phenoxy) is 21. The molecule has 11 rings (SSSR count). The highest BCUT2D eigenvalue weighted by atomic mass is 16.8. The fraction of sp³-hybridized carbons (Fsp3) is 0.935. The zero-order valence-corrected chi connectivity index (χ0v) is 74.3. The van der Waals surface area contributed by atoms with Crippen LogP contribution in [0.4, 0.5) is 0 Å². The number of carbonyl (C=O) groups excluding carboxylic acids is 4. The zero-order valence-electron chi connectivity index (χ0n) is 74.3. The van der Waals surface area contributed by atoms with Gasteiger partial charge in [0.1, 0.15) is 250 Å². The van der Waals surface area contributed by atoms with Gasteiger partial charge in [-0.1, -0.05) is 0 Å². The predicted molar refractivity (Wildman–Crippen MR) is 423 cm³/mol. The molecule has 0 aromatic carbocycles. The van der Waals surface area contributed by atoms with Crippen molar-refractivity contribution in [1.82, 2.24) is 21.3 Å². The Labute approximate surface area is 780 Å². The highest BCUT2D eigenvalue weighted by Gasteiger charge is 2.64. The second-order valence-electron chi connectivity index (χ2n) is 35.2. The zero-order chi connectivity index (χ0) is 102. The smallest absolute Gasteiger partial charge is 0.364 e. The Balaban J connectivity index is 0.873. The summed E-state index contributed by atoms with van der Waals surface area (Å²) in [7, 11) is 0. The molecule has 0 bridgehead atoms. The lowest BCUT2D eigenvalue weighted by atomic mass is 9.88. The third-order valence-electron chi connectivity index (χ3n) is 25.5. The molecule has 56 atom stereocenters. The van der Waals surface area contributed by atoms with Crippen LogP contribution in [-0.4, -0.2) is 590 Å². The van der Waals surface area contributed by atoms with Crippen LogP contribution in [0.5, 0.6) is 0 Å². The third kappa shape index (κ3) is 24.7. The second kappa shape index (κ2) is 48.8. The Morgan fingerprint density at radius 3 is 1.15 bits per heavy atom. The maximum absolute atomic E-state index is 13.8. The van der Waals surface area contributed by atoms with Crippen molar-refractivity contribution in [3.05, 3.63) is 0 Å². The number of nitrogens with one attached hydrogen (secondary N) is 4. The molecule has 0 aromatic rings.